The lowest BCUT2D eigenvalue weighted by Gasteiger charge is -2.10. The topological polar surface area (TPSA) is 106 Å². The summed E-state index contributed by atoms with van der Waals surface area (Å²) >= 11 is 5.92. The Morgan fingerprint density at radius 2 is 2.19 bits per heavy atom. The molecule has 0 saturated carbocycles. The molecule has 1 heterocycles. The second kappa shape index (κ2) is 5.84. The van der Waals surface area contributed by atoms with Crippen LogP contribution in [0.25, 0.3) is 0 Å². The van der Waals surface area contributed by atoms with Gasteiger partial charge in [-0.15, -0.1) is 0 Å². The molecule has 0 aliphatic heterocycles. The fourth-order valence-electron chi connectivity index (χ4n) is 1.91. The molecule has 0 atom stereocenters. The lowest BCUT2D eigenvalue weighted by molar-refractivity contribution is 0.101. The Labute approximate surface area is 126 Å². The Bertz CT molecular complexity index is 723. The molecule has 1 aromatic carbocycles. The van der Waals surface area contributed by atoms with Gasteiger partial charge in [-0.3, -0.25) is 9.48 Å². The van der Waals surface area contributed by atoms with Crippen LogP contribution in [0, 0.1) is 6.92 Å². The van der Waals surface area contributed by atoms with Crippen LogP contribution >= 0.6 is 11.6 Å². The lowest BCUT2D eigenvalue weighted by atomic mass is 10.1. The molecule has 0 fully saturated rings. The van der Waals surface area contributed by atoms with Crippen LogP contribution < -0.4 is 11.1 Å². The smallest absolute Gasteiger partial charge is 0.273 e. The zero-order chi connectivity index (χ0) is 15.6. The molecule has 0 unspecified atom stereocenters. The first-order chi connectivity index (χ1) is 9.92. The Morgan fingerprint density at radius 1 is 1.48 bits per heavy atom. The van der Waals surface area contributed by atoms with Gasteiger partial charge in [0.15, 0.2) is 5.84 Å². The quantitative estimate of drug-likeness (QED) is 0.347. The predicted octanol–water partition coefficient (Wildman–Crippen LogP) is 1.73. The minimum Gasteiger partial charge on any atom is -0.409 e. The van der Waals surface area contributed by atoms with Crippen LogP contribution in [0.2, 0.25) is 5.02 Å². The van der Waals surface area contributed by atoms with Crippen LogP contribution in [0.4, 0.5) is 5.69 Å². The Balaban J connectivity index is 2.37. The molecular formula is C13H14ClN5O2. The second-order valence-corrected chi connectivity index (χ2v) is 4.86. The molecule has 2 aromatic rings. The van der Waals surface area contributed by atoms with Crippen LogP contribution in [0.5, 0.6) is 0 Å². The maximum absolute atomic E-state index is 12.3. The standard InChI is InChI=1S/C13H14ClN5O2/c1-7-5-11(19(2)17-7)13(20)16-10-6-8(14)3-4-9(10)12(15)18-21/h3-6,21H,1-2H3,(H2,15,18)(H,16,20). The van der Waals surface area contributed by atoms with E-state index < -0.39 is 0 Å². The van der Waals surface area contributed by atoms with Crippen LogP contribution in [0.1, 0.15) is 21.7 Å². The highest BCUT2D eigenvalue weighted by atomic mass is 35.5. The van der Waals surface area contributed by atoms with E-state index in [0.717, 1.165) is 5.69 Å². The van der Waals surface area contributed by atoms with E-state index in [1.54, 1.807) is 32.2 Å². The van der Waals surface area contributed by atoms with Gasteiger partial charge in [0.2, 0.25) is 0 Å². The van der Waals surface area contributed by atoms with Gasteiger partial charge in [0.25, 0.3) is 5.91 Å². The highest BCUT2D eigenvalue weighted by Gasteiger charge is 2.15. The Morgan fingerprint density at radius 3 is 2.76 bits per heavy atom. The molecule has 110 valence electrons. The van der Waals surface area contributed by atoms with Gasteiger partial charge in [-0.1, -0.05) is 16.8 Å². The number of carbonyl (C=O) groups excluding carboxylic acids is 1. The monoisotopic (exact) mass is 307 g/mol. The van der Waals surface area contributed by atoms with Gasteiger partial charge >= 0.3 is 0 Å². The molecular weight excluding hydrogens is 294 g/mol. The second-order valence-electron chi connectivity index (χ2n) is 4.42. The molecule has 21 heavy (non-hydrogen) atoms. The number of aromatic nitrogens is 2. The summed E-state index contributed by atoms with van der Waals surface area (Å²) in [6.45, 7) is 1.79. The van der Waals surface area contributed by atoms with Crippen molar-refractivity contribution in [3.8, 4) is 0 Å². The predicted molar refractivity (Wildman–Crippen MR) is 79.9 cm³/mol. The van der Waals surface area contributed by atoms with Crippen LogP contribution in [0.15, 0.2) is 29.4 Å². The molecule has 0 radical (unpaired) electrons. The van der Waals surface area contributed by atoms with Gasteiger partial charge in [-0.25, -0.2) is 0 Å². The van der Waals surface area contributed by atoms with Gasteiger partial charge in [0, 0.05) is 17.6 Å². The number of hydrogen-bond donors (Lipinski definition) is 3. The number of oxime groups is 1. The third-order valence-corrected chi connectivity index (χ3v) is 3.08. The zero-order valence-corrected chi connectivity index (χ0v) is 12.2. The first-order valence-corrected chi connectivity index (χ1v) is 6.39. The fourth-order valence-corrected chi connectivity index (χ4v) is 2.08. The highest BCUT2D eigenvalue weighted by Crippen LogP contribution is 2.21. The van der Waals surface area contributed by atoms with E-state index in [1.807, 2.05) is 0 Å². The average molecular weight is 308 g/mol. The molecule has 2 rings (SSSR count). The summed E-state index contributed by atoms with van der Waals surface area (Å²) in [4.78, 5) is 12.3. The number of carbonyl (C=O) groups is 1. The van der Waals surface area contributed by atoms with E-state index in [2.05, 4.69) is 15.6 Å². The van der Waals surface area contributed by atoms with Crippen molar-refractivity contribution >= 4 is 29.0 Å². The largest absolute Gasteiger partial charge is 0.409 e. The molecule has 0 bridgehead atoms. The van der Waals surface area contributed by atoms with E-state index in [0.29, 0.717) is 22.0 Å². The number of nitrogens with one attached hydrogen (secondary N) is 1. The minimum absolute atomic E-state index is 0.122. The van der Waals surface area contributed by atoms with Crippen molar-refractivity contribution in [2.45, 2.75) is 6.92 Å². The zero-order valence-electron chi connectivity index (χ0n) is 11.5. The van der Waals surface area contributed by atoms with Crippen molar-refractivity contribution in [2.75, 3.05) is 5.32 Å². The molecule has 4 N–H and O–H groups in total. The SMILES string of the molecule is Cc1cc(C(=O)Nc2cc(Cl)ccc2C(N)=NO)n(C)n1. The number of rotatable bonds is 3. The number of anilines is 1. The number of hydrogen-bond acceptors (Lipinski definition) is 4. The van der Waals surface area contributed by atoms with E-state index in [9.17, 15) is 4.79 Å². The molecule has 8 heteroatoms. The number of amides is 1. The summed E-state index contributed by atoms with van der Waals surface area (Å²) in [5.74, 6) is -0.490. The molecule has 1 aromatic heterocycles. The fraction of sp³-hybridized carbons (Fsp3) is 0.154. The molecule has 0 spiro atoms. The highest BCUT2D eigenvalue weighted by molar-refractivity contribution is 6.31. The average Bonchev–Trinajstić information content (AvgIpc) is 2.77. The number of aryl methyl sites for hydroxylation is 2. The number of nitrogens with zero attached hydrogens (tertiary/aromatic N) is 3. The van der Waals surface area contributed by atoms with Crippen molar-refractivity contribution in [2.24, 2.45) is 17.9 Å². The van der Waals surface area contributed by atoms with E-state index >= 15 is 0 Å². The maximum Gasteiger partial charge on any atom is 0.273 e. The first kappa shape index (κ1) is 14.9. The Kier molecular flexibility index (Phi) is 4.13. The van der Waals surface area contributed by atoms with E-state index in [-0.39, 0.29) is 11.7 Å². The molecule has 0 aliphatic rings. The van der Waals surface area contributed by atoms with Crippen molar-refractivity contribution in [1.29, 1.82) is 0 Å². The number of benzene rings is 1. The maximum atomic E-state index is 12.3. The van der Waals surface area contributed by atoms with Gasteiger partial charge in [0.05, 0.1) is 11.4 Å². The summed E-state index contributed by atoms with van der Waals surface area (Å²) in [6.07, 6.45) is 0. The van der Waals surface area contributed by atoms with E-state index in [1.165, 1.54) is 10.7 Å². The van der Waals surface area contributed by atoms with Gasteiger partial charge < -0.3 is 16.3 Å². The van der Waals surface area contributed by atoms with Crippen molar-refractivity contribution < 1.29 is 10.0 Å². The number of amidine groups is 1. The van der Waals surface area contributed by atoms with Gasteiger partial charge in [-0.05, 0) is 31.2 Å². The summed E-state index contributed by atoms with van der Waals surface area (Å²) in [7, 11) is 1.67. The first-order valence-electron chi connectivity index (χ1n) is 6.02. The molecule has 1 amide bonds. The summed E-state index contributed by atoms with van der Waals surface area (Å²) < 4.78 is 1.47. The van der Waals surface area contributed by atoms with Crippen molar-refractivity contribution in [1.82, 2.24) is 9.78 Å². The molecule has 0 saturated heterocycles. The van der Waals surface area contributed by atoms with Crippen LogP contribution in [-0.4, -0.2) is 26.7 Å². The number of halogens is 1. The van der Waals surface area contributed by atoms with Crippen LogP contribution in [0.3, 0.4) is 0 Å². The summed E-state index contributed by atoms with van der Waals surface area (Å²) in [6, 6.07) is 6.32. The Hall–Kier alpha value is -2.54. The summed E-state index contributed by atoms with van der Waals surface area (Å²) in [5.41, 5.74) is 7.41. The van der Waals surface area contributed by atoms with Gasteiger partial charge in [0.1, 0.15) is 5.69 Å². The lowest BCUT2D eigenvalue weighted by Crippen LogP contribution is -2.20. The molecule has 0 aliphatic carbocycles. The minimum atomic E-state index is -0.368. The molecule has 7 nitrogen and oxygen atoms in total. The third-order valence-electron chi connectivity index (χ3n) is 2.85. The number of nitrogens with two attached hydrogens (primary N) is 1. The van der Waals surface area contributed by atoms with Gasteiger partial charge in [-0.2, -0.15) is 5.10 Å². The van der Waals surface area contributed by atoms with E-state index in [4.69, 9.17) is 22.5 Å². The normalized spacial score (nSPS) is 11.5. The third kappa shape index (κ3) is 3.14. The van der Waals surface area contributed by atoms with Crippen molar-refractivity contribution in [3.05, 3.63) is 46.2 Å². The van der Waals surface area contributed by atoms with Crippen LogP contribution in [-0.2, 0) is 7.05 Å². The summed E-state index contributed by atoms with van der Waals surface area (Å²) in [5, 5.41) is 18.9. The van der Waals surface area contributed by atoms with Crippen molar-refractivity contribution in [3.63, 3.8) is 0 Å².